The third-order valence-corrected chi connectivity index (χ3v) is 8.44. The smallest absolute Gasteiger partial charge is 0.387 e. The maximum atomic E-state index is 14.6. The van der Waals surface area contributed by atoms with Gasteiger partial charge in [0.15, 0.2) is 12.4 Å². The Hall–Kier alpha value is -0.580. The van der Waals surface area contributed by atoms with E-state index >= 15 is 0 Å². The molecule has 1 aliphatic rings. The van der Waals surface area contributed by atoms with Crippen LogP contribution in [0.5, 0.6) is 0 Å². The minimum atomic E-state index is -5.80. The maximum absolute atomic E-state index is 14.6. The topological polar surface area (TPSA) is 244 Å². The molecule has 0 saturated carbocycles. The van der Waals surface area contributed by atoms with Crippen LogP contribution in [0.2, 0.25) is 0 Å². The molecule has 6 N–H and O–H groups in total. The van der Waals surface area contributed by atoms with Gasteiger partial charge < -0.3 is 29.4 Å². The van der Waals surface area contributed by atoms with Gasteiger partial charge in [0.25, 0.3) is 5.56 Å². The van der Waals surface area contributed by atoms with Crippen LogP contribution in [0.15, 0.2) is 21.9 Å². The molecule has 0 radical (unpaired) electrons. The van der Waals surface area contributed by atoms with Gasteiger partial charge in [-0.25, -0.2) is 22.9 Å². The lowest BCUT2D eigenvalue weighted by Gasteiger charge is -2.30. The Bertz CT molecular complexity index is 1070. The number of H-pyrrole nitrogens is 1. The number of nitrogens with one attached hydrogen (secondary N) is 1. The Morgan fingerprint density at radius 1 is 1.19 bits per heavy atom. The predicted octanol–water partition coefficient (Wildman–Crippen LogP) is -0.759. The van der Waals surface area contributed by atoms with Gasteiger partial charge in [0.05, 0.1) is 6.61 Å². The van der Waals surface area contributed by atoms with Crippen molar-refractivity contribution in [2.75, 3.05) is 11.9 Å². The fourth-order valence-corrected chi connectivity index (χ4v) is 6.12. The molecule has 0 bridgehead atoms. The highest BCUT2D eigenvalue weighted by Crippen LogP contribution is 2.66. The second kappa shape index (κ2) is 9.35. The Balaban J connectivity index is 2.21. The van der Waals surface area contributed by atoms with E-state index < -0.39 is 70.8 Å². The Morgan fingerprint density at radius 2 is 1.81 bits per heavy atom. The summed E-state index contributed by atoms with van der Waals surface area (Å²) >= 11 is 2.88. The molecule has 1 aliphatic heterocycles. The van der Waals surface area contributed by atoms with Crippen LogP contribution >= 0.6 is 39.4 Å². The molecule has 0 aliphatic carbocycles. The molecule has 1 aromatic rings. The van der Waals surface area contributed by atoms with Crippen molar-refractivity contribution in [2.45, 2.75) is 24.1 Å². The minimum Gasteiger partial charge on any atom is -0.387 e. The molecule has 31 heavy (non-hydrogen) atoms. The lowest BCUT2D eigenvalue weighted by Crippen LogP contribution is -2.47. The fourth-order valence-electron chi connectivity index (χ4n) is 2.42. The first-order valence-corrected chi connectivity index (χ1v) is 13.3. The van der Waals surface area contributed by atoms with E-state index in [4.69, 9.17) is 19.4 Å². The molecule has 16 nitrogen and oxygen atoms in total. The van der Waals surface area contributed by atoms with Gasteiger partial charge in [-0.15, -0.1) is 0 Å². The predicted molar refractivity (Wildman–Crippen MR) is 98.7 cm³/mol. The van der Waals surface area contributed by atoms with Crippen LogP contribution in [-0.4, -0.2) is 64.0 Å². The summed E-state index contributed by atoms with van der Waals surface area (Å²) < 4.78 is 65.9. The zero-order valence-corrected chi connectivity index (χ0v) is 19.0. The van der Waals surface area contributed by atoms with Crippen LogP contribution in [0.4, 0.5) is 4.39 Å². The van der Waals surface area contributed by atoms with Crippen molar-refractivity contribution in [3.05, 3.63) is 33.1 Å². The number of aliphatic hydroxyl groups is 1. The van der Waals surface area contributed by atoms with Crippen molar-refractivity contribution in [3.63, 3.8) is 0 Å². The normalized spacial score (nSPS) is 30.6. The number of ether oxygens (including phenoxy) is 1. The van der Waals surface area contributed by atoms with E-state index in [9.17, 15) is 37.7 Å². The van der Waals surface area contributed by atoms with E-state index in [1.54, 1.807) is 0 Å². The molecule has 2 rings (SSSR count). The molecule has 6 atom stereocenters. The van der Waals surface area contributed by atoms with E-state index in [2.05, 4.69) is 29.1 Å². The number of alkyl halides is 2. The first kappa shape index (κ1) is 26.7. The van der Waals surface area contributed by atoms with E-state index in [1.807, 2.05) is 4.98 Å². The molecular formula is C10H15BrFN2O14P3. The summed E-state index contributed by atoms with van der Waals surface area (Å²) in [6.07, 6.45) is -5.35. The van der Waals surface area contributed by atoms with Crippen LogP contribution in [0.1, 0.15) is 6.23 Å². The second-order valence-corrected chi connectivity index (χ2v) is 11.0. The van der Waals surface area contributed by atoms with Crippen molar-refractivity contribution >= 4 is 39.4 Å². The van der Waals surface area contributed by atoms with Gasteiger partial charge in [0, 0.05) is 17.6 Å². The van der Waals surface area contributed by atoms with Gasteiger partial charge in [0.2, 0.25) is 0 Å². The third kappa shape index (κ3) is 6.71. The zero-order chi connectivity index (χ0) is 23.8. The average Bonchev–Trinajstić information content (AvgIpc) is 2.82. The SMILES string of the molecule is O=c1ccn([C@@H]2O[C@](CBr)(COP(=O)(O)OP(=O)(O)OP(=O)(O)O)[C@@H](O)[C@@H]2F)c(=O)[nH]1. The molecule has 2 heterocycles. The summed E-state index contributed by atoms with van der Waals surface area (Å²) in [5, 5.41) is 9.76. The molecule has 178 valence electrons. The van der Waals surface area contributed by atoms with Crippen molar-refractivity contribution in [1.29, 1.82) is 0 Å². The number of nitrogens with zero attached hydrogens (tertiary/aromatic N) is 1. The summed E-state index contributed by atoms with van der Waals surface area (Å²) in [6, 6.07) is 0.865. The molecule has 1 fully saturated rings. The number of aromatic amines is 1. The molecule has 2 unspecified atom stereocenters. The Kier molecular flexibility index (Phi) is 8.04. The summed E-state index contributed by atoms with van der Waals surface area (Å²) in [6.45, 7) is -1.18. The van der Waals surface area contributed by atoms with E-state index in [-0.39, 0.29) is 0 Å². The van der Waals surface area contributed by atoms with Crippen LogP contribution in [-0.2, 0) is 31.6 Å². The number of aliphatic hydroxyl groups excluding tert-OH is 1. The average molecular weight is 579 g/mol. The first-order chi connectivity index (χ1) is 14.0. The number of rotatable bonds is 9. The van der Waals surface area contributed by atoms with Gasteiger partial charge in [-0.1, -0.05) is 15.9 Å². The van der Waals surface area contributed by atoms with Gasteiger partial charge in [-0.3, -0.25) is 18.9 Å². The van der Waals surface area contributed by atoms with E-state index in [0.29, 0.717) is 4.57 Å². The van der Waals surface area contributed by atoms with Gasteiger partial charge in [-0.2, -0.15) is 8.62 Å². The first-order valence-electron chi connectivity index (χ1n) is 7.67. The quantitative estimate of drug-likeness (QED) is 0.156. The number of hydrogen-bond acceptors (Lipinski definition) is 10. The minimum absolute atomic E-state index is 0.466. The second-order valence-electron chi connectivity index (χ2n) is 5.98. The Morgan fingerprint density at radius 3 is 2.32 bits per heavy atom. The van der Waals surface area contributed by atoms with Crippen molar-refractivity contribution < 1.29 is 60.6 Å². The lowest BCUT2D eigenvalue weighted by molar-refractivity contribution is -0.111. The summed E-state index contributed by atoms with van der Waals surface area (Å²) in [7, 11) is -17.0. The maximum Gasteiger partial charge on any atom is 0.490 e. The van der Waals surface area contributed by atoms with Crippen LogP contribution in [0, 0.1) is 0 Å². The van der Waals surface area contributed by atoms with Gasteiger partial charge >= 0.3 is 29.2 Å². The molecule has 1 aromatic heterocycles. The van der Waals surface area contributed by atoms with Crippen LogP contribution in [0.3, 0.4) is 0 Å². The molecule has 21 heteroatoms. The van der Waals surface area contributed by atoms with Crippen molar-refractivity contribution in [3.8, 4) is 0 Å². The van der Waals surface area contributed by atoms with Gasteiger partial charge in [0.1, 0.15) is 11.7 Å². The third-order valence-electron chi connectivity index (χ3n) is 3.71. The van der Waals surface area contributed by atoms with Crippen molar-refractivity contribution in [2.24, 2.45) is 0 Å². The van der Waals surface area contributed by atoms with Crippen LogP contribution < -0.4 is 11.2 Å². The number of phosphoric acid groups is 3. The molecule has 1 saturated heterocycles. The summed E-state index contributed by atoms with van der Waals surface area (Å²) in [5.41, 5.74) is -4.05. The molecular weight excluding hydrogens is 564 g/mol. The van der Waals surface area contributed by atoms with Crippen molar-refractivity contribution in [1.82, 2.24) is 9.55 Å². The fraction of sp³-hybridized carbons (Fsp3) is 0.600. The largest absolute Gasteiger partial charge is 0.490 e. The lowest BCUT2D eigenvalue weighted by atomic mass is 9.99. The van der Waals surface area contributed by atoms with E-state index in [1.165, 1.54) is 0 Å². The summed E-state index contributed by atoms with van der Waals surface area (Å²) in [5.74, 6) is 0. The number of halogens is 2. The Labute approximate surface area is 179 Å². The number of phosphoric ester groups is 1. The molecule has 0 amide bonds. The van der Waals surface area contributed by atoms with Gasteiger partial charge in [-0.05, 0) is 0 Å². The molecule has 0 spiro atoms. The number of aromatic nitrogens is 2. The zero-order valence-electron chi connectivity index (χ0n) is 14.8. The molecule has 0 aromatic carbocycles. The monoisotopic (exact) mass is 578 g/mol. The highest BCUT2D eigenvalue weighted by molar-refractivity contribution is 9.09. The highest BCUT2D eigenvalue weighted by Gasteiger charge is 2.57. The standard InChI is InChI=1S/C10H15BrFN2O14P3/c11-3-10(4-25-30(21,22)28-31(23,24)27-29(18,19)20)7(16)6(12)8(26-10)14-2-1-5(15)13-9(14)17/h1-2,6-8,16H,3-4H2,(H,21,22)(H,23,24)(H,13,15,17)(H2,18,19,20)/t6-,7-,8+,10+/m0/s1. The number of hydrogen-bond donors (Lipinski definition) is 6. The van der Waals surface area contributed by atoms with Crippen LogP contribution in [0.25, 0.3) is 0 Å². The van der Waals surface area contributed by atoms with E-state index in [0.717, 1.165) is 12.3 Å². The summed E-state index contributed by atoms with van der Waals surface area (Å²) in [4.78, 5) is 60.5. The highest BCUT2D eigenvalue weighted by atomic mass is 79.9.